The van der Waals surface area contributed by atoms with Crippen LogP contribution in [0.3, 0.4) is 0 Å². The second kappa shape index (κ2) is 5.17. The summed E-state index contributed by atoms with van der Waals surface area (Å²) in [5.41, 5.74) is 3.10. The molecular formula is C16H15N3O. The zero-order valence-corrected chi connectivity index (χ0v) is 11.2. The van der Waals surface area contributed by atoms with Crippen LogP contribution in [0.4, 0.5) is 5.82 Å². The Bertz CT molecular complexity index is 744. The van der Waals surface area contributed by atoms with Crippen LogP contribution in [0, 0.1) is 6.92 Å². The quantitative estimate of drug-likeness (QED) is 0.764. The summed E-state index contributed by atoms with van der Waals surface area (Å²) in [5.74, 6) is 0.517. The maximum absolute atomic E-state index is 12.0. The van der Waals surface area contributed by atoms with Crippen molar-refractivity contribution in [2.45, 2.75) is 13.3 Å². The van der Waals surface area contributed by atoms with E-state index in [1.807, 2.05) is 55.5 Å². The number of amides is 1. The molecular weight excluding hydrogens is 250 g/mol. The highest BCUT2D eigenvalue weighted by Crippen LogP contribution is 2.19. The van der Waals surface area contributed by atoms with Crippen LogP contribution >= 0.6 is 0 Å². The van der Waals surface area contributed by atoms with Gasteiger partial charge in [0.25, 0.3) is 0 Å². The number of aromatic nitrogens is 2. The number of aromatic amines is 1. The number of fused-ring (bicyclic) bond motifs is 1. The van der Waals surface area contributed by atoms with E-state index in [2.05, 4.69) is 15.5 Å². The SMILES string of the molecule is Cc1ccc(CC(=O)Nc2n[nH]c3ccccc23)cc1. The molecule has 3 rings (SSSR count). The number of benzene rings is 2. The van der Waals surface area contributed by atoms with Crippen molar-refractivity contribution in [2.24, 2.45) is 0 Å². The first-order chi connectivity index (χ1) is 9.72. The molecule has 0 saturated carbocycles. The Morgan fingerprint density at radius 2 is 1.90 bits per heavy atom. The van der Waals surface area contributed by atoms with Gasteiger partial charge in [0.15, 0.2) is 5.82 Å². The third-order valence-electron chi connectivity index (χ3n) is 3.21. The molecule has 0 aliphatic rings. The molecule has 2 N–H and O–H groups in total. The summed E-state index contributed by atoms with van der Waals surface area (Å²) in [4.78, 5) is 12.0. The summed E-state index contributed by atoms with van der Waals surface area (Å²) < 4.78 is 0. The number of anilines is 1. The summed E-state index contributed by atoms with van der Waals surface area (Å²) in [6.45, 7) is 2.03. The minimum absolute atomic E-state index is 0.0638. The van der Waals surface area contributed by atoms with Crippen molar-refractivity contribution in [1.82, 2.24) is 10.2 Å². The molecule has 20 heavy (non-hydrogen) atoms. The van der Waals surface area contributed by atoms with Crippen LogP contribution in [0.25, 0.3) is 10.9 Å². The van der Waals surface area contributed by atoms with Crippen LogP contribution in [0.2, 0.25) is 0 Å². The predicted octanol–water partition coefficient (Wildman–Crippen LogP) is 3.05. The average Bonchev–Trinajstić information content (AvgIpc) is 2.85. The van der Waals surface area contributed by atoms with E-state index >= 15 is 0 Å². The van der Waals surface area contributed by atoms with E-state index in [0.29, 0.717) is 12.2 Å². The van der Waals surface area contributed by atoms with Crippen molar-refractivity contribution in [1.29, 1.82) is 0 Å². The van der Waals surface area contributed by atoms with E-state index in [-0.39, 0.29) is 5.91 Å². The van der Waals surface area contributed by atoms with Crippen LogP contribution in [0.1, 0.15) is 11.1 Å². The normalized spacial score (nSPS) is 10.7. The van der Waals surface area contributed by atoms with Gasteiger partial charge in [-0.1, -0.05) is 42.0 Å². The van der Waals surface area contributed by atoms with E-state index in [4.69, 9.17) is 0 Å². The molecule has 1 aromatic heterocycles. The minimum Gasteiger partial charge on any atom is -0.308 e. The second-order valence-corrected chi connectivity index (χ2v) is 4.83. The van der Waals surface area contributed by atoms with Gasteiger partial charge in [-0.15, -0.1) is 0 Å². The highest BCUT2D eigenvalue weighted by atomic mass is 16.1. The first kappa shape index (κ1) is 12.4. The first-order valence-electron chi connectivity index (χ1n) is 6.51. The summed E-state index contributed by atoms with van der Waals surface area (Å²) in [5, 5.41) is 10.8. The molecule has 0 bridgehead atoms. The molecule has 4 heteroatoms. The number of nitrogens with one attached hydrogen (secondary N) is 2. The van der Waals surface area contributed by atoms with Gasteiger partial charge in [-0.3, -0.25) is 9.89 Å². The van der Waals surface area contributed by atoms with Crippen LogP contribution in [0.5, 0.6) is 0 Å². The second-order valence-electron chi connectivity index (χ2n) is 4.83. The van der Waals surface area contributed by atoms with Gasteiger partial charge in [0.1, 0.15) is 0 Å². The smallest absolute Gasteiger partial charge is 0.230 e. The van der Waals surface area contributed by atoms with Crippen molar-refractivity contribution in [3.8, 4) is 0 Å². The molecule has 1 heterocycles. The monoisotopic (exact) mass is 265 g/mol. The Morgan fingerprint density at radius 1 is 1.15 bits per heavy atom. The summed E-state index contributed by atoms with van der Waals surface area (Å²) >= 11 is 0. The number of nitrogens with zero attached hydrogens (tertiary/aromatic N) is 1. The molecule has 0 aliphatic heterocycles. The summed E-state index contributed by atoms with van der Waals surface area (Å²) in [7, 11) is 0. The van der Waals surface area contributed by atoms with Gasteiger partial charge in [-0.05, 0) is 24.6 Å². The zero-order valence-electron chi connectivity index (χ0n) is 11.2. The lowest BCUT2D eigenvalue weighted by Gasteiger charge is -2.03. The molecule has 0 unspecified atom stereocenters. The largest absolute Gasteiger partial charge is 0.308 e. The standard InChI is InChI=1S/C16H15N3O/c1-11-6-8-12(9-7-11)10-15(20)17-16-13-4-2-3-5-14(13)18-19-16/h2-9H,10H2,1H3,(H2,17,18,19,20). The number of para-hydroxylation sites is 1. The fourth-order valence-electron chi connectivity index (χ4n) is 2.13. The summed E-state index contributed by atoms with van der Waals surface area (Å²) in [6, 6.07) is 15.7. The number of aryl methyl sites for hydroxylation is 1. The van der Waals surface area contributed by atoms with E-state index in [1.54, 1.807) is 0 Å². The van der Waals surface area contributed by atoms with E-state index in [1.165, 1.54) is 5.56 Å². The number of rotatable bonds is 3. The Hall–Kier alpha value is -2.62. The third kappa shape index (κ3) is 2.54. The molecule has 1 amide bonds. The maximum atomic E-state index is 12.0. The maximum Gasteiger partial charge on any atom is 0.230 e. The molecule has 0 aliphatic carbocycles. The van der Waals surface area contributed by atoms with Crippen molar-refractivity contribution < 1.29 is 4.79 Å². The van der Waals surface area contributed by atoms with E-state index in [0.717, 1.165) is 16.5 Å². The zero-order chi connectivity index (χ0) is 13.9. The van der Waals surface area contributed by atoms with Crippen LogP contribution in [0.15, 0.2) is 48.5 Å². The van der Waals surface area contributed by atoms with Crippen molar-refractivity contribution in [2.75, 3.05) is 5.32 Å². The van der Waals surface area contributed by atoms with E-state index < -0.39 is 0 Å². The van der Waals surface area contributed by atoms with Crippen LogP contribution in [-0.2, 0) is 11.2 Å². The lowest BCUT2D eigenvalue weighted by atomic mass is 10.1. The number of carbonyl (C=O) groups excluding carboxylic acids is 1. The number of hydrogen-bond donors (Lipinski definition) is 2. The van der Waals surface area contributed by atoms with Crippen LogP contribution in [-0.4, -0.2) is 16.1 Å². The first-order valence-corrected chi connectivity index (χ1v) is 6.51. The number of H-pyrrole nitrogens is 1. The minimum atomic E-state index is -0.0638. The van der Waals surface area contributed by atoms with Gasteiger partial charge >= 0.3 is 0 Å². The Morgan fingerprint density at radius 3 is 2.70 bits per heavy atom. The third-order valence-corrected chi connectivity index (χ3v) is 3.21. The van der Waals surface area contributed by atoms with Gasteiger partial charge in [-0.25, -0.2) is 0 Å². The molecule has 4 nitrogen and oxygen atoms in total. The van der Waals surface area contributed by atoms with Crippen molar-refractivity contribution in [3.05, 3.63) is 59.7 Å². The van der Waals surface area contributed by atoms with Gasteiger partial charge in [-0.2, -0.15) is 5.10 Å². The van der Waals surface area contributed by atoms with Crippen molar-refractivity contribution in [3.63, 3.8) is 0 Å². The van der Waals surface area contributed by atoms with Crippen LogP contribution < -0.4 is 5.32 Å². The molecule has 0 spiro atoms. The van der Waals surface area contributed by atoms with Gasteiger partial charge in [0.2, 0.25) is 5.91 Å². The Balaban J connectivity index is 1.74. The van der Waals surface area contributed by atoms with Crippen molar-refractivity contribution >= 4 is 22.6 Å². The van der Waals surface area contributed by atoms with Gasteiger partial charge in [0, 0.05) is 5.39 Å². The van der Waals surface area contributed by atoms with Gasteiger partial charge in [0.05, 0.1) is 11.9 Å². The fraction of sp³-hybridized carbons (Fsp3) is 0.125. The highest BCUT2D eigenvalue weighted by molar-refractivity contribution is 6.00. The Labute approximate surface area is 116 Å². The highest BCUT2D eigenvalue weighted by Gasteiger charge is 2.09. The molecule has 0 fully saturated rings. The average molecular weight is 265 g/mol. The molecule has 3 aromatic rings. The van der Waals surface area contributed by atoms with Gasteiger partial charge < -0.3 is 5.32 Å². The molecule has 0 atom stereocenters. The summed E-state index contributed by atoms with van der Waals surface area (Å²) in [6.07, 6.45) is 0.349. The molecule has 2 aromatic carbocycles. The lowest BCUT2D eigenvalue weighted by molar-refractivity contribution is -0.115. The molecule has 0 radical (unpaired) electrons. The number of hydrogen-bond acceptors (Lipinski definition) is 2. The Kier molecular flexibility index (Phi) is 3.21. The topological polar surface area (TPSA) is 57.8 Å². The fourth-order valence-corrected chi connectivity index (χ4v) is 2.13. The molecule has 100 valence electrons. The molecule has 0 saturated heterocycles. The lowest BCUT2D eigenvalue weighted by Crippen LogP contribution is -2.14. The number of carbonyl (C=O) groups is 1. The van der Waals surface area contributed by atoms with E-state index in [9.17, 15) is 4.79 Å². The predicted molar refractivity (Wildman–Crippen MR) is 79.6 cm³/mol.